The van der Waals surface area contributed by atoms with E-state index in [0.717, 1.165) is 11.1 Å². The Balaban J connectivity index is 4.26. The third kappa shape index (κ3) is 5.74. The maximum absolute atomic E-state index is 5.53. The number of rotatable bonds is 4. The van der Waals surface area contributed by atoms with E-state index in [-0.39, 0.29) is 0 Å². The quantitative estimate of drug-likeness (QED) is 0.653. The van der Waals surface area contributed by atoms with Crippen molar-refractivity contribution in [2.24, 2.45) is 5.73 Å². The van der Waals surface area contributed by atoms with Crippen molar-refractivity contribution in [2.75, 3.05) is 0 Å². The van der Waals surface area contributed by atoms with Crippen LogP contribution in [-0.2, 0) is 0 Å². The summed E-state index contributed by atoms with van der Waals surface area (Å²) in [6.07, 6.45) is 9.62. The fraction of sp³-hybridized carbons (Fsp3) is 0.167. The highest BCUT2D eigenvalue weighted by Crippen LogP contribution is 2.03. The van der Waals surface area contributed by atoms with E-state index in [9.17, 15) is 0 Å². The van der Waals surface area contributed by atoms with Gasteiger partial charge in [0.1, 0.15) is 0 Å². The molecule has 0 amide bonds. The zero-order chi connectivity index (χ0) is 10.3. The molecule has 0 unspecified atom stereocenters. The van der Waals surface area contributed by atoms with E-state index in [1.165, 1.54) is 0 Å². The predicted molar refractivity (Wildman–Crippen MR) is 60.2 cm³/mol. The Morgan fingerprint density at radius 2 is 1.69 bits per heavy atom. The summed E-state index contributed by atoms with van der Waals surface area (Å²) in [6.45, 7) is 11.3. The van der Waals surface area contributed by atoms with Crippen LogP contribution < -0.4 is 5.73 Å². The first-order valence-electron chi connectivity index (χ1n) is 4.19. The molecule has 1 nitrogen and oxygen atoms in total. The normalized spacial score (nSPS) is 12.6. The molecular weight excluding hydrogens is 158 g/mol. The molecule has 0 aliphatic heterocycles. The van der Waals surface area contributed by atoms with Crippen molar-refractivity contribution in [3.63, 3.8) is 0 Å². The monoisotopic (exact) mass is 175 g/mol. The summed E-state index contributed by atoms with van der Waals surface area (Å²) in [7, 11) is 0. The minimum absolute atomic E-state index is 0.586. The number of allylic oxidation sites excluding steroid dienone is 6. The molecule has 0 spiro atoms. The first kappa shape index (κ1) is 11.5. The third-order valence-corrected chi connectivity index (χ3v) is 1.45. The predicted octanol–water partition coefficient (Wildman–Crippen LogP) is 3.09. The van der Waals surface area contributed by atoms with Gasteiger partial charge in [-0.25, -0.2) is 0 Å². The standard InChI is InChI=1S/C12H17N/c1-5-12(11(4)13)9-7-6-8-10(2)3/h5-9H,2,4,13H2,1,3H3/b8-6+,9-7-,12-5-. The lowest BCUT2D eigenvalue weighted by Crippen LogP contribution is -1.95. The second kappa shape index (κ2) is 6.06. The lowest BCUT2D eigenvalue weighted by Gasteiger charge is -1.96. The highest BCUT2D eigenvalue weighted by Gasteiger charge is 1.88. The summed E-state index contributed by atoms with van der Waals surface area (Å²) >= 11 is 0. The van der Waals surface area contributed by atoms with Gasteiger partial charge in [0.15, 0.2) is 0 Å². The molecule has 0 saturated heterocycles. The van der Waals surface area contributed by atoms with Crippen molar-refractivity contribution in [1.29, 1.82) is 0 Å². The lowest BCUT2D eigenvalue weighted by molar-refractivity contribution is 1.36. The Hall–Kier alpha value is -1.50. The Labute approximate surface area is 80.6 Å². The third-order valence-electron chi connectivity index (χ3n) is 1.45. The van der Waals surface area contributed by atoms with Crippen LogP contribution in [0.3, 0.4) is 0 Å². The van der Waals surface area contributed by atoms with E-state index >= 15 is 0 Å². The highest BCUT2D eigenvalue weighted by atomic mass is 14.6. The SMILES string of the molecule is C=C(C)/C=C/C=C\C(=C\C)C(=C)N. The van der Waals surface area contributed by atoms with Crippen LogP contribution in [0.5, 0.6) is 0 Å². The van der Waals surface area contributed by atoms with Crippen LogP contribution in [0.4, 0.5) is 0 Å². The second-order valence-corrected chi connectivity index (χ2v) is 2.83. The van der Waals surface area contributed by atoms with E-state index in [0.29, 0.717) is 5.70 Å². The van der Waals surface area contributed by atoms with Crippen LogP contribution in [0.2, 0.25) is 0 Å². The maximum Gasteiger partial charge on any atom is 0.0311 e. The van der Waals surface area contributed by atoms with Crippen LogP contribution >= 0.6 is 0 Å². The summed E-state index contributed by atoms with van der Waals surface area (Å²) in [5.41, 5.74) is 8.10. The number of hydrogen-bond donors (Lipinski definition) is 1. The van der Waals surface area contributed by atoms with Gasteiger partial charge in [-0.15, -0.1) is 0 Å². The molecule has 0 heterocycles. The van der Waals surface area contributed by atoms with Gasteiger partial charge in [-0.2, -0.15) is 0 Å². The zero-order valence-corrected chi connectivity index (χ0v) is 8.38. The number of nitrogens with two attached hydrogens (primary N) is 1. The van der Waals surface area contributed by atoms with Gasteiger partial charge in [0, 0.05) is 5.70 Å². The summed E-state index contributed by atoms with van der Waals surface area (Å²) < 4.78 is 0. The van der Waals surface area contributed by atoms with Gasteiger partial charge in [0.05, 0.1) is 0 Å². The molecule has 2 N–H and O–H groups in total. The molecule has 0 radical (unpaired) electrons. The minimum Gasteiger partial charge on any atom is -0.399 e. The van der Waals surface area contributed by atoms with Crippen molar-refractivity contribution >= 4 is 0 Å². The van der Waals surface area contributed by atoms with E-state index in [1.54, 1.807) is 0 Å². The van der Waals surface area contributed by atoms with Gasteiger partial charge in [-0.3, -0.25) is 0 Å². The van der Waals surface area contributed by atoms with Crippen molar-refractivity contribution in [3.05, 3.63) is 60.4 Å². The van der Waals surface area contributed by atoms with Crippen molar-refractivity contribution in [2.45, 2.75) is 13.8 Å². The molecule has 1 heteroatoms. The molecule has 13 heavy (non-hydrogen) atoms. The van der Waals surface area contributed by atoms with Gasteiger partial charge >= 0.3 is 0 Å². The smallest absolute Gasteiger partial charge is 0.0311 e. The van der Waals surface area contributed by atoms with Crippen molar-refractivity contribution < 1.29 is 0 Å². The summed E-state index contributed by atoms with van der Waals surface area (Å²) in [5, 5.41) is 0. The topological polar surface area (TPSA) is 26.0 Å². The van der Waals surface area contributed by atoms with Crippen molar-refractivity contribution in [1.82, 2.24) is 0 Å². The molecule has 0 aliphatic carbocycles. The molecule has 0 aromatic rings. The van der Waals surface area contributed by atoms with Gasteiger partial charge < -0.3 is 5.73 Å². The molecule has 0 fully saturated rings. The lowest BCUT2D eigenvalue weighted by atomic mass is 10.2. The number of hydrogen-bond acceptors (Lipinski definition) is 1. The molecule has 0 bridgehead atoms. The first-order valence-corrected chi connectivity index (χ1v) is 4.19. The average Bonchev–Trinajstić information content (AvgIpc) is 2.03. The first-order chi connectivity index (χ1) is 6.07. The summed E-state index contributed by atoms with van der Waals surface area (Å²) in [5.74, 6) is 0. The summed E-state index contributed by atoms with van der Waals surface area (Å²) in [4.78, 5) is 0. The van der Waals surface area contributed by atoms with Crippen molar-refractivity contribution in [3.8, 4) is 0 Å². The van der Waals surface area contributed by atoms with Crippen LogP contribution in [0, 0.1) is 0 Å². The zero-order valence-electron chi connectivity index (χ0n) is 8.38. The van der Waals surface area contributed by atoms with Crippen LogP contribution in [0.15, 0.2) is 60.4 Å². The Bertz CT molecular complexity index is 277. The average molecular weight is 175 g/mol. The van der Waals surface area contributed by atoms with Gasteiger partial charge in [-0.1, -0.05) is 49.1 Å². The minimum atomic E-state index is 0.586. The van der Waals surface area contributed by atoms with E-state index in [4.69, 9.17) is 5.73 Å². The molecule has 0 aromatic heterocycles. The van der Waals surface area contributed by atoms with Crippen LogP contribution in [0.25, 0.3) is 0 Å². The van der Waals surface area contributed by atoms with Gasteiger partial charge in [0.2, 0.25) is 0 Å². The fourth-order valence-corrected chi connectivity index (χ4v) is 0.768. The Morgan fingerprint density at radius 3 is 2.08 bits per heavy atom. The molecular formula is C12H17N. The Kier molecular flexibility index (Phi) is 5.37. The van der Waals surface area contributed by atoms with Gasteiger partial charge in [0.25, 0.3) is 0 Å². The molecule has 0 rings (SSSR count). The maximum atomic E-state index is 5.53. The molecule has 70 valence electrons. The molecule has 0 aromatic carbocycles. The van der Waals surface area contributed by atoms with Crippen LogP contribution in [-0.4, -0.2) is 0 Å². The largest absolute Gasteiger partial charge is 0.399 e. The van der Waals surface area contributed by atoms with E-state index in [1.807, 2.05) is 44.2 Å². The Morgan fingerprint density at radius 1 is 1.15 bits per heavy atom. The van der Waals surface area contributed by atoms with E-state index in [2.05, 4.69) is 13.2 Å². The molecule has 0 aliphatic rings. The second-order valence-electron chi connectivity index (χ2n) is 2.83. The fourth-order valence-electron chi connectivity index (χ4n) is 0.768. The van der Waals surface area contributed by atoms with Gasteiger partial charge in [-0.05, 0) is 19.4 Å². The molecule has 0 atom stereocenters. The van der Waals surface area contributed by atoms with E-state index < -0.39 is 0 Å². The highest BCUT2D eigenvalue weighted by molar-refractivity contribution is 5.37. The molecule has 0 saturated carbocycles. The summed E-state index contributed by atoms with van der Waals surface area (Å²) in [6, 6.07) is 0. The van der Waals surface area contributed by atoms with Crippen LogP contribution in [0.1, 0.15) is 13.8 Å².